The van der Waals surface area contributed by atoms with E-state index in [1.807, 2.05) is 18.3 Å². The molecule has 68 valence electrons. The van der Waals surface area contributed by atoms with Crippen molar-refractivity contribution in [2.75, 3.05) is 0 Å². The predicted octanol–water partition coefficient (Wildman–Crippen LogP) is 0.855. The Morgan fingerprint density at radius 2 is 2.23 bits per heavy atom. The van der Waals surface area contributed by atoms with Crippen LogP contribution in [0, 0.1) is 0 Å². The van der Waals surface area contributed by atoms with Crippen LogP contribution in [0.1, 0.15) is 10.5 Å². The largest absolute Gasteiger partial charge is 0.364 e. The van der Waals surface area contributed by atoms with E-state index in [-0.39, 0.29) is 12.4 Å². The van der Waals surface area contributed by atoms with Gasteiger partial charge in [0.1, 0.15) is 6.33 Å². The van der Waals surface area contributed by atoms with Gasteiger partial charge in [-0.15, -0.1) is 12.4 Å². The number of carbonyl (C=O) groups is 1. The van der Waals surface area contributed by atoms with Crippen molar-refractivity contribution in [3.05, 3.63) is 36.4 Å². The highest BCUT2D eigenvalue weighted by Crippen LogP contribution is 2.07. The maximum absolute atomic E-state index is 10.8. The summed E-state index contributed by atoms with van der Waals surface area (Å²) in [5.74, 6) is -0.497. The van der Waals surface area contributed by atoms with Gasteiger partial charge in [-0.2, -0.15) is 0 Å². The van der Waals surface area contributed by atoms with E-state index in [2.05, 4.69) is 4.98 Å². The average Bonchev–Trinajstić information content (AvgIpc) is 2.47. The Bertz CT molecular complexity index is 438. The van der Waals surface area contributed by atoms with Crippen molar-refractivity contribution >= 4 is 23.8 Å². The number of fused-ring (bicyclic) bond motifs is 1. The van der Waals surface area contributed by atoms with Crippen molar-refractivity contribution in [2.24, 2.45) is 5.73 Å². The van der Waals surface area contributed by atoms with Crippen LogP contribution >= 0.6 is 12.4 Å². The van der Waals surface area contributed by atoms with Crippen molar-refractivity contribution in [1.29, 1.82) is 0 Å². The summed E-state index contributed by atoms with van der Waals surface area (Å²) < 4.78 is 1.75. The van der Waals surface area contributed by atoms with Crippen LogP contribution in [0.15, 0.2) is 30.7 Å². The summed E-state index contributed by atoms with van der Waals surface area (Å²) in [5, 5.41) is 0. The smallest absolute Gasteiger partial charge is 0.269 e. The number of pyridine rings is 1. The molecule has 0 aromatic carbocycles. The molecule has 0 saturated carbocycles. The van der Waals surface area contributed by atoms with E-state index >= 15 is 0 Å². The molecule has 2 aromatic heterocycles. The van der Waals surface area contributed by atoms with Gasteiger partial charge in [0, 0.05) is 6.20 Å². The quantitative estimate of drug-likeness (QED) is 0.737. The second-order valence-corrected chi connectivity index (χ2v) is 2.45. The van der Waals surface area contributed by atoms with Crippen molar-refractivity contribution in [3.63, 3.8) is 0 Å². The third-order valence-electron chi connectivity index (χ3n) is 1.68. The predicted molar refractivity (Wildman–Crippen MR) is 51.0 cm³/mol. The number of amides is 1. The summed E-state index contributed by atoms with van der Waals surface area (Å²) >= 11 is 0. The fraction of sp³-hybridized carbons (Fsp3) is 0. The second-order valence-electron chi connectivity index (χ2n) is 2.45. The number of rotatable bonds is 1. The van der Waals surface area contributed by atoms with Crippen LogP contribution in [-0.4, -0.2) is 15.3 Å². The molecule has 0 saturated heterocycles. The fourth-order valence-corrected chi connectivity index (χ4v) is 1.13. The lowest BCUT2D eigenvalue weighted by Gasteiger charge is -1.91. The molecule has 2 rings (SSSR count). The van der Waals surface area contributed by atoms with Gasteiger partial charge in [-0.25, -0.2) is 4.98 Å². The van der Waals surface area contributed by atoms with Crippen molar-refractivity contribution in [2.45, 2.75) is 0 Å². The number of hydrogen-bond acceptors (Lipinski definition) is 2. The molecule has 2 N–H and O–H groups in total. The molecule has 0 aliphatic heterocycles. The fourth-order valence-electron chi connectivity index (χ4n) is 1.13. The summed E-state index contributed by atoms with van der Waals surface area (Å²) in [5.41, 5.74) is 6.17. The zero-order valence-electron chi connectivity index (χ0n) is 6.68. The Labute approximate surface area is 80.8 Å². The topological polar surface area (TPSA) is 60.4 Å². The molecule has 0 unspecified atom stereocenters. The molecule has 0 fully saturated rings. The van der Waals surface area contributed by atoms with Gasteiger partial charge in [-0.1, -0.05) is 6.07 Å². The number of imidazole rings is 1. The highest BCUT2D eigenvalue weighted by molar-refractivity contribution is 5.97. The molecule has 0 bridgehead atoms. The van der Waals surface area contributed by atoms with Gasteiger partial charge in [0.05, 0.1) is 5.52 Å². The van der Waals surface area contributed by atoms with Gasteiger partial charge in [0.2, 0.25) is 0 Å². The number of nitrogens with zero attached hydrogens (tertiary/aromatic N) is 2. The summed E-state index contributed by atoms with van der Waals surface area (Å²) in [6.45, 7) is 0. The van der Waals surface area contributed by atoms with Crippen molar-refractivity contribution in [3.8, 4) is 0 Å². The van der Waals surface area contributed by atoms with E-state index in [9.17, 15) is 4.79 Å². The minimum absolute atomic E-state index is 0. The van der Waals surface area contributed by atoms with Gasteiger partial charge >= 0.3 is 0 Å². The standard InChI is InChI=1S/C8H7N3O.ClH/c9-8(12)7-6-3-1-2-4-11(6)5-10-7;/h1-5H,(H2,9,12);1H. The first-order valence-electron chi connectivity index (χ1n) is 3.50. The highest BCUT2D eigenvalue weighted by atomic mass is 35.5. The third-order valence-corrected chi connectivity index (χ3v) is 1.68. The van der Waals surface area contributed by atoms with Crippen LogP contribution < -0.4 is 5.73 Å². The Balaban J connectivity index is 0.000000845. The monoisotopic (exact) mass is 197 g/mol. The lowest BCUT2D eigenvalue weighted by Crippen LogP contribution is -2.11. The zero-order valence-corrected chi connectivity index (χ0v) is 7.49. The molecule has 0 atom stereocenters. The highest BCUT2D eigenvalue weighted by Gasteiger charge is 2.07. The van der Waals surface area contributed by atoms with Gasteiger partial charge in [-0.3, -0.25) is 4.79 Å². The van der Waals surface area contributed by atoms with E-state index in [4.69, 9.17) is 5.73 Å². The van der Waals surface area contributed by atoms with Crippen LogP contribution in [0.4, 0.5) is 0 Å². The number of hydrogen-bond donors (Lipinski definition) is 1. The number of nitrogens with two attached hydrogens (primary N) is 1. The first-order valence-corrected chi connectivity index (χ1v) is 3.50. The molecule has 13 heavy (non-hydrogen) atoms. The number of halogens is 1. The minimum Gasteiger partial charge on any atom is -0.364 e. The van der Waals surface area contributed by atoms with Crippen LogP contribution in [-0.2, 0) is 0 Å². The molecule has 1 amide bonds. The Kier molecular flexibility index (Phi) is 2.53. The molecule has 0 spiro atoms. The summed E-state index contributed by atoms with van der Waals surface area (Å²) in [6.07, 6.45) is 3.38. The average molecular weight is 198 g/mol. The maximum atomic E-state index is 10.8. The van der Waals surface area contributed by atoms with E-state index in [1.165, 1.54) is 0 Å². The number of primary amides is 1. The molecule has 0 radical (unpaired) electrons. The van der Waals surface area contributed by atoms with Crippen LogP contribution in [0.3, 0.4) is 0 Å². The first kappa shape index (κ1) is 9.54. The van der Waals surface area contributed by atoms with Crippen LogP contribution in [0.5, 0.6) is 0 Å². The van der Waals surface area contributed by atoms with Gasteiger partial charge in [0.25, 0.3) is 5.91 Å². The summed E-state index contributed by atoms with van der Waals surface area (Å²) in [4.78, 5) is 14.7. The van der Waals surface area contributed by atoms with Crippen LogP contribution in [0.25, 0.3) is 5.52 Å². The van der Waals surface area contributed by atoms with Crippen molar-refractivity contribution < 1.29 is 4.79 Å². The number of aromatic nitrogens is 2. The Morgan fingerprint density at radius 1 is 1.46 bits per heavy atom. The van der Waals surface area contributed by atoms with Crippen molar-refractivity contribution in [1.82, 2.24) is 9.38 Å². The van der Waals surface area contributed by atoms with E-state index in [1.54, 1.807) is 16.8 Å². The zero-order chi connectivity index (χ0) is 8.55. The lowest BCUT2D eigenvalue weighted by molar-refractivity contribution is 0.0997. The Hall–Kier alpha value is -1.55. The molecular formula is C8H8ClN3O. The summed E-state index contributed by atoms with van der Waals surface area (Å²) in [7, 11) is 0. The third kappa shape index (κ3) is 1.48. The Morgan fingerprint density at radius 3 is 2.92 bits per heavy atom. The minimum atomic E-state index is -0.497. The van der Waals surface area contributed by atoms with Gasteiger partial charge in [-0.05, 0) is 12.1 Å². The molecule has 2 aromatic rings. The maximum Gasteiger partial charge on any atom is 0.269 e. The molecule has 2 heterocycles. The molecular weight excluding hydrogens is 190 g/mol. The van der Waals surface area contributed by atoms with E-state index < -0.39 is 5.91 Å². The molecule has 0 aliphatic rings. The SMILES string of the molecule is Cl.NC(=O)c1ncn2ccccc12. The van der Waals surface area contributed by atoms with Gasteiger partial charge in [0.15, 0.2) is 5.69 Å². The molecule has 4 nitrogen and oxygen atoms in total. The normalized spacial score (nSPS) is 9.54. The first-order chi connectivity index (χ1) is 5.79. The van der Waals surface area contributed by atoms with Gasteiger partial charge < -0.3 is 10.1 Å². The molecule has 5 heteroatoms. The summed E-state index contributed by atoms with van der Waals surface area (Å²) in [6, 6.07) is 5.50. The number of carbonyl (C=O) groups excluding carboxylic acids is 1. The van der Waals surface area contributed by atoms with E-state index in [0.717, 1.165) is 5.52 Å². The lowest BCUT2D eigenvalue weighted by atomic mass is 10.3. The van der Waals surface area contributed by atoms with Crippen LogP contribution in [0.2, 0.25) is 0 Å². The second kappa shape index (κ2) is 3.45. The van der Waals surface area contributed by atoms with E-state index in [0.29, 0.717) is 5.69 Å². The molecule has 0 aliphatic carbocycles.